The van der Waals surface area contributed by atoms with Gasteiger partial charge in [-0.15, -0.1) is 0 Å². The summed E-state index contributed by atoms with van der Waals surface area (Å²) in [7, 11) is 0. The van der Waals surface area contributed by atoms with Crippen molar-refractivity contribution in [2.75, 3.05) is 31.5 Å². The summed E-state index contributed by atoms with van der Waals surface area (Å²) in [5.74, 6) is -0.196. The number of nitrogens with zero attached hydrogens (tertiary/aromatic N) is 2. The molecule has 0 unspecified atom stereocenters. The van der Waals surface area contributed by atoms with Gasteiger partial charge in [0.2, 0.25) is 5.91 Å². The van der Waals surface area contributed by atoms with E-state index in [1.165, 1.54) is 12.1 Å². The quantitative estimate of drug-likeness (QED) is 0.602. The molecule has 0 saturated carbocycles. The number of likely N-dealkylation sites (tertiary alicyclic amines) is 2. The molecule has 2 aliphatic heterocycles. The summed E-state index contributed by atoms with van der Waals surface area (Å²) in [6.07, 6.45) is 3.57. The van der Waals surface area contributed by atoms with Crippen LogP contribution in [0.25, 0.3) is 10.8 Å². The first-order valence-corrected chi connectivity index (χ1v) is 12.2. The standard InChI is InChI=1S/C28H30FN3O2/c29-22-8-10-23(11-9-22)30-27(33)21-12-16-31(17-13-21)24-14-18-32(19-15-24)28(34)26-7-3-5-20-4-1-2-6-25(20)26/h1-11,21,24H,12-19H2,(H,30,33). The van der Waals surface area contributed by atoms with Gasteiger partial charge in [-0.25, -0.2) is 4.39 Å². The molecule has 5 rings (SSSR count). The van der Waals surface area contributed by atoms with Crippen molar-refractivity contribution >= 4 is 28.3 Å². The van der Waals surface area contributed by atoms with Crippen molar-refractivity contribution in [3.8, 4) is 0 Å². The zero-order chi connectivity index (χ0) is 23.5. The van der Waals surface area contributed by atoms with Crippen molar-refractivity contribution < 1.29 is 14.0 Å². The van der Waals surface area contributed by atoms with Gasteiger partial charge in [0.25, 0.3) is 5.91 Å². The lowest BCUT2D eigenvalue weighted by Gasteiger charge is -2.41. The highest BCUT2D eigenvalue weighted by Gasteiger charge is 2.32. The Labute approximate surface area is 199 Å². The van der Waals surface area contributed by atoms with E-state index in [1.807, 2.05) is 47.4 Å². The second kappa shape index (κ2) is 9.94. The lowest BCUT2D eigenvalue weighted by Crippen LogP contribution is -2.49. The van der Waals surface area contributed by atoms with Gasteiger partial charge in [-0.2, -0.15) is 0 Å². The van der Waals surface area contributed by atoms with Gasteiger partial charge in [-0.1, -0.05) is 36.4 Å². The number of rotatable bonds is 4. The van der Waals surface area contributed by atoms with Crippen LogP contribution in [0.1, 0.15) is 36.0 Å². The number of piperidine rings is 2. The number of benzene rings is 3. The normalized spacial score (nSPS) is 18.2. The SMILES string of the molecule is O=C(Nc1ccc(F)cc1)C1CCN(C2CCN(C(=O)c3cccc4ccccc34)CC2)CC1. The molecular formula is C28H30FN3O2. The minimum atomic E-state index is -0.309. The minimum Gasteiger partial charge on any atom is -0.339 e. The summed E-state index contributed by atoms with van der Waals surface area (Å²) in [5.41, 5.74) is 1.42. The Balaban J connectivity index is 1.12. The van der Waals surface area contributed by atoms with Crippen molar-refractivity contribution in [3.05, 3.63) is 78.1 Å². The zero-order valence-electron chi connectivity index (χ0n) is 19.3. The van der Waals surface area contributed by atoms with Gasteiger partial charge in [0, 0.05) is 36.3 Å². The van der Waals surface area contributed by atoms with Gasteiger partial charge < -0.3 is 15.1 Å². The van der Waals surface area contributed by atoms with Crippen LogP contribution in [0.15, 0.2) is 66.7 Å². The van der Waals surface area contributed by atoms with Gasteiger partial charge in [0.1, 0.15) is 5.82 Å². The number of fused-ring (bicyclic) bond motifs is 1. The van der Waals surface area contributed by atoms with E-state index in [-0.39, 0.29) is 23.5 Å². The highest BCUT2D eigenvalue weighted by molar-refractivity contribution is 6.07. The fourth-order valence-electron chi connectivity index (χ4n) is 5.32. The maximum atomic E-state index is 13.2. The number of hydrogen-bond donors (Lipinski definition) is 1. The highest BCUT2D eigenvalue weighted by atomic mass is 19.1. The fourth-order valence-corrected chi connectivity index (χ4v) is 5.32. The van der Waals surface area contributed by atoms with Crippen LogP contribution in [0.4, 0.5) is 10.1 Å². The summed E-state index contributed by atoms with van der Waals surface area (Å²) in [4.78, 5) is 30.3. The van der Waals surface area contributed by atoms with Gasteiger partial charge in [-0.05, 0) is 79.9 Å². The van der Waals surface area contributed by atoms with Gasteiger partial charge in [0.05, 0.1) is 0 Å². The van der Waals surface area contributed by atoms with Crippen LogP contribution >= 0.6 is 0 Å². The van der Waals surface area contributed by atoms with E-state index in [0.29, 0.717) is 11.7 Å². The number of carbonyl (C=O) groups is 2. The third-order valence-electron chi connectivity index (χ3n) is 7.30. The van der Waals surface area contributed by atoms with Crippen molar-refractivity contribution in [2.24, 2.45) is 5.92 Å². The number of nitrogens with one attached hydrogen (secondary N) is 1. The summed E-state index contributed by atoms with van der Waals surface area (Å²) in [6, 6.07) is 20.3. The Bertz CT molecular complexity index is 1160. The molecule has 176 valence electrons. The fraction of sp³-hybridized carbons (Fsp3) is 0.357. The first-order valence-electron chi connectivity index (χ1n) is 12.2. The molecule has 3 aromatic carbocycles. The van der Waals surface area contributed by atoms with E-state index in [1.54, 1.807) is 12.1 Å². The van der Waals surface area contributed by atoms with E-state index < -0.39 is 0 Å². The molecule has 5 nitrogen and oxygen atoms in total. The molecule has 2 amide bonds. The summed E-state index contributed by atoms with van der Waals surface area (Å²) < 4.78 is 13.1. The molecule has 6 heteroatoms. The van der Waals surface area contributed by atoms with E-state index in [9.17, 15) is 14.0 Å². The lowest BCUT2D eigenvalue weighted by molar-refractivity contribution is -0.121. The molecule has 0 bridgehead atoms. The molecule has 0 atom stereocenters. The maximum absolute atomic E-state index is 13.2. The van der Waals surface area contributed by atoms with Crippen LogP contribution in [0.2, 0.25) is 0 Å². The van der Waals surface area contributed by atoms with Crippen LogP contribution in [0.5, 0.6) is 0 Å². The second-order valence-electron chi connectivity index (χ2n) is 9.36. The molecule has 2 aliphatic rings. The number of carbonyl (C=O) groups excluding carboxylic acids is 2. The lowest BCUT2D eigenvalue weighted by atomic mass is 9.92. The topological polar surface area (TPSA) is 52.7 Å². The van der Waals surface area contributed by atoms with E-state index >= 15 is 0 Å². The van der Waals surface area contributed by atoms with Gasteiger partial charge in [0.15, 0.2) is 0 Å². The van der Waals surface area contributed by atoms with E-state index in [2.05, 4.69) is 10.2 Å². The first-order chi connectivity index (χ1) is 16.6. The van der Waals surface area contributed by atoms with Crippen LogP contribution in [0, 0.1) is 11.7 Å². The molecule has 3 aromatic rings. The van der Waals surface area contributed by atoms with Gasteiger partial charge in [-0.3, -0.25) is 9.59 Å². The van der Waals surface area contributed by atoms with Crippen molar-refractivity contribution in [1.29, 1.82) is 0 Å². The Kier molecular flexibility index (Phi) is 6.59. The van der Waals surface area contributed by atoms with E-state index in [0.717, 1.165) is 68.2 Å². The minimum absolute atomic E-state index is 0.0155. The van der Waals surface area contributed by atoms with Crippen LogP contribution in [-0.2, 0) is 4.79 Å². The Hall–Kier alpha value is -3.25. The van der Waals surface area contributed by atoms with Crippen LogP contribution in [0.3, 0.4) is 0 Å². The van der Waals surface area contributed by atoms with Crippen molar-refractivity contribution in [1.82, 2.24) is 9.80 Å². The van der Waals surface area contributed by atoms with E-state index in [4.69, 9.17) is 0 Å². The summed E-state index contributed by atoms with van der Waals surface area (Å²) in [6.45, 7) is 3.31. The van der Waals surface area contributed by atoms with Crippen molar-refractivity contribution in [2.45, 2.75) is 31.7 Å². The monoisotopic (exact) mass is 459 g/mol. The predicted octanol–water partition coefficient (Wildman–Crippen LogP) is 4.93. The molecule has 2 heterocycles. The zero-order valence-corrected chi connectivity index (χ0v) is 19.3. The van der Waals surface area contributed by atoms with Gasteiger partial charge >= 0.3 is 0 Å². The molecule has 34 heavy (non-hydrogen) atoms. The number of amides is 2. The second-order valence-corrected chi connectivity index (χ2v) is 9.36. The van der Waals surface area contributed by atoms with Crippen LogP contribution in [-0.4, -0.2) is 53.8 Å². The third-order valence-corrected chi connectivity index (χ3v) is 7.30. The largest absolute Gasteiger partial charge is 0.339 e. The maximum Gasteiger partial charge on any atom is 0.254 e. The first kappa shape index (κ1) is 22.5. The number of halogens is 1. The van der Waals surface area contributed by atoms with Crippen LogP contribution < -0.4 is 5.32 Å². The average Bonchev–Trinajstić information content (AvgIpc) is 2.89. The third kappa shape index (κ3) is 4.82. The molecule has 0 spiro atoms. The molecule has 2 fully saturated rings. The smallest absolute Gasteiger partial charge is 0.254 e. The van der Waals surface area contributed by atoms with Crippen molar-refractivity contribution in [3.63, 3.8) is 0 Å². The number of hydrogen-bond acceptors (Lipinski definition) is 3. The average molecular weight is 460 g/mol. The molecular weight excluding hydrogens is 429 g/mol. The Morgan fingerprint density at radius 1 is 0.794 bits per heavy atom. The predicted molar refractivity (Wildman–Crippen MR) is 132 cm³/mol. The molecule has 1 N–H and O–H groups in total. The summed E-state index contributed by atoms with van der Waals surface area (Å²) >= 11 is 0. The number of anilines is 1. The Morgan fingerprint density at radius 2 is 1.47 bits per heavy atom. The Morgan fingerprint density at radius 3 is 2.21 bits per heavy atom. The molecule has 0 aromatic heterocycles. The summed E-state index contributed by atoms with van der Waals surface area (Å²) in [5, 5.41) is 5.02. The molecule has 2 saturated heterocycles. The molecule has 0 radical (unpaired) electrons. The highest BCUT2D eigenvalue weighted by Crippen LogP contribution is 2.27. The molecule has 0 aliphatic carbocycles.